The van der Waals surface area contributed by atoms with Gasteiger partial charge in [0.1, 0.15) is 6.61 Å². The lowest BCUT2D eigenvalue weighted by Crippen LogP contribution is -2.24. The molecule has 0 fully saturated rings. The number of pyridine rings is 1. The van der Waals surface area contributed by atoms with Crippen LogP contribution >= 0.6 is 0 Å². The van der Waals surface area contributed by atoms with Gasteiger partial charge in [-0.25, -0.2) is 0 Å². The molecule has 7 heteroatoms. The first-order valence-corrected chi connectivity index (χ1v) is 12.3. The number of benzene rings is 1. The average Bonchev–Trinajstić information content (AvgIpc) is 2.81. The van der Waals surface area contributed by atoms with E-state index in [0.717, 1.165) is 44.9 Å². The monoisotopic (exact) mass is 458 g/mol. The van der Waals surface area contributed by atoms with Crippen molar-refractivity contribution >= 4 is 16.6 Å². The molecular formula is C26H38N2O5. The van der Waals surface area contributed by atoms with Crippen LogP contribution in [-0.4, -0.2) is 22.7 Å². The molecule has 1 heterocycles. The second kappa shape index (κ2) is 14.3. The van der Waals surface area contributed by atoms with Crippen LogP contribution in [0.3, 0.4) is 0 Å². The highest BCUT2D eigenvalue weighted by Crippen LogP contribution is 2.35. The molecule has 7 nitrogen and oxygen atoms in total. The van der Waals surface area contributed by atoms with Crippen molar-refractivity contribution in [3.05, 3.63) is 51.3 Å². The standard InChI is InChI=1S/C26H38N2O5/c1-4-7-9-11-12-13-17-27-23-20-21(28(30)31)15-16-22(23)24(33-19-14-10-8-5-2)25(26(27)29)32-18-6-3/h6,15-16,20H,3-5,7-14,17-19H2,1-2H3. The fourth-order valence-electron chi connectivity index (χ4n) is 3.89. The number of aryl methyl sites for hydroxylation is 1. The first-order chi connectivity index (χ1) is 16.0. The van der Waals surface area contributed by atoms with Gasteiger partial charge in [0.15, 0.2) is 5.75 Å². The van der Waals surface area contributed by atoms with Crippen LogP contribution in [0.4, 0.5) is 5.69 Å². The normalized spacial score (nSPS) is 11.0. The molecular weight excluding hydrogens is 420 g/mol. The van der Waals surface area contributed by atoms with Gasteiger partial charge < -0.3 is 14.0 Å². The zero-order valence-corrected chi connectivity index (χ0v) is 20.1. The molecule has 0 unspecified atom stereocenters. The highest BCUT2D eigenvalue weighted by Gasteiger charge is 2.21. The minimum atomic E-state index is -0.438. The number of nitrogens with zero attached hydrogens (tertiary/aromatic N) is 2. The first-order valence-electron chi connectivity index (χ1n) is 12.3. The maximum absolute atomic E-state index is 13.4. The van der Waals surface area contributed by atoms with Gasteiger partial charge in [0.2, 0.25) is 5.75 Å². The van der Waals surface area contributed by atoms with Crippen LogP contribution in [0.5, 0.6) is 11.5 Å². The summed E-state index contributed by atoms with van der Waals surface area (Å²) in [6.45, 7) is 9.11. The summed E-state index contributed by atoms with van der Waals surface area (Å²) < 4.78 is 13.4. The van der Waals surface area contributed by atoms with E-state index in [1.165, 1.54) is 31.4 Å². The van der Waals surface area contributed by atoms with Crippen LogP contribution in [-0.2, 0) is 6.54 Å². The van der Waals surface area contributed by atoms with Gasteiger partial charge in [0.05, 0.1) is 17.0 Å². The number of rotatable bonds is 17. The van der Waals surface area contributed by atoms with E-state index in [1.54, 1.807) is 16.7 Å². The molecule has 0 aliphatic rings. The Morgan fingerprint density at radius 2 is 1.64 bits per heavy atom. The van der Waals surface area contributed by atoms with Gasteiger partial charge >= 0.3 is 0 Å². The van der Waals surface area contributed by atoms with Crippen molar-refractivity contribution in [1.82, 2.24) is 4.57 Å². The van der Waals surface area contributed by atoms with Crippen LogP contribution < -0.4 is 15.0 Å². The molecule has 2 rings (SSSR count). The van der Waals surface area contributed by atoms with Gasteiger partial charge in [-0.05, 0) is 18.9 Å². The van der Waals surface area contributed by atoms with Crippen molar-refractivity contribution in [2.45, 2.75) is 84.6 Å². The van der Waals surface area contributed by atoms with Crippen LogP contribution in [0.2, 0.25) is 0 Å². The maximum atomic E-state index is 13.4. The largest absolute Gasteiger partial charge is 0.489 e. The molecule has 0 N–H and O–H groups in total. The third-order valence-corrected chi connectivity index (χ3v) is 5.70. The zero-order chi connectivity index (χ0) is 24.1. The lowest BCUT2D eigenvalue weighted by molar-refractivity contribution is -0.384. The molecule has 0 aliphatic heterocycles. The highest BCUT2D eigenvalue weighted by atomic mass is 16.6. The van der Waals surface area contributed by atoms with Gasteiger partial charge in [-0.2, -0.15) is 0 Å². The molecule has 2 aromatic rings. The van der Waals surface area contributed by atoms with Crippen molar-refractivity contribution in [3.63, 3.8) is 0 Å². The van der Waals surface area contributed by atoms with Gasteiger partial charge in [-0.15, -0.1) is 0 Å². The number of aromatic nitrogens is 1. The summed E-state index contributed by atoms with van der Waals surface area (Å²) in [5.74, 6) is 0.514. The Morgan fingerprint density at radius 3 is 2.30 bits per heavy atom. The van der Waals surface area contributed by atoms with Crippen molar-refractivity contribution in [2.24, 2.45) is 0 Å². The van der Waals surface area contributed by atoms with Crippen molar-refractivity contribution in [3.8, 4) is 11.5 Å². The molecule has 0 spiro atoms. The summed E-state index contributed by atoms with van der Waals surface area (Å²) >= 11 is 0. The predicted octanol–water partition coefficient (Wildman–Crippen LogP) is 6.79. The number of ether oxygens (including phenoxy) is 2. The Labute approximate surface area is 196 Å². The van der Waals surface area contributed by atoms with E-state index < -0.39 is 4.92 Å². The molecule has 0 aliphatic carbocycles. The Hall–Kier alpha value is -2.83. The molecule has 0 atom stereocenters. The van der Waals surface area contributed by atoms with Crippen molar-refractivity contribution in [1.29, 1.82) is 0 Å². The van der Waals surface area contributed by atoms with Crippen LogP contribution in [0.1, 0.15) is 78.1 Å². The molecule has 0 saturated carbocycles. The molecule has 0 radical (unpaired) electrons. The van der Waals surface area contributed by atoms with E-state index in [-0.39, 0.29) is 23.6 Å². The average molecular weight is 459 g/mol. The molecule has 0 bridgehead atoms. The quantitative estimate of drug-likeness (QED) is 0.113. The number of fused-ring (bicyclic) bond motifs is 1. The van der Waals surface area contributed by atoms with E-state index in [0.29, 0.717) is 29.8 Å². The fourth-order valence-corrected chi connectivity index (χ4v) is 3.89. The fraction of sp³-hybridized carbons (Fsp3) is 0.577. The number of hydrogen-bond acceptors (Lipinski definition) is 5. The van der Waals surface area contributed by atoms with E-state index in [9.17, 15) is 14.9 Å². The third-order valence-electron chi connectivity index (χ3n) is 5.70. The second-order valence-corrected chi connectivity index (χ2v) is 8.35. The Balaban J connectivity index is 2.45. The van der Waals surface area contributed by atoms with Crippen molar-refractivity contribution in [2.75, 3.05) is 13.2 Å². The summed E-state index contributed by atoms with van der Waals surface area (Å²) in [5.41, 5.74) is 0.145. The van der Waals surface area contributed by atoms with Crippen LogP contribution in [0.25, 0.3) is 10.9 Å². The van der Waals surface area contributed by atoms with E-state index >= 15 is 0 Å². The second-order valence-electron chi connectivity index (χ2n) is 8.35. The lowest BCUT2D eigenvalue weighted by atomic mass is 10.1. The third kappa shape index (κ3) is 7.62. The van der Waals surface area contributed by atoms with Crippen LogP contribution in [0, 0.1) is 10.1 Å². The summed E-state index contributed by atoms with van der Waals surface area (Å²) in [5, 5.41) is 12.1. The topological polar surface area (TPSA) is 83.6 Å². The predicted molar refractivity (Wildman–Crippen MR) is 134 cm³/mol. The van der Waals surface area contributed by atoms with Gasteiger partial charge in [0.25, 0.3) is 11.2 Å². The summed E-state index contributed by atoms with van der Waals surface area (Å²) in [6, 6.07) is 4.57. The van der Waals surface area contributed by atoms with Gasteiger partial charge in [-0.3, -0.25) is 14.9 Å². The van der Waals surface area contributed by atoms with Gasteiger partial charge in [-0.1, -0.05) is 77.9 Å². The smallest absolute Gasteiger partial charge is 0.297 e. The summed E-state index contributed by atoms with van der Waals surface area (Å²) in [4.78, 5) is 24.4. The van der Waals surface area contributed by atoms with E-state index in [1.807, 2.05) is 0 Å². The minimum Gasteiger partial charge on any atom is -0.489 e. The Morgan fingerprint density at radius 1 is 0.970 bits per heavy atom. The first kappa shape index (κ1) is 26.4. The molecule has 1 aromatic carbocycles. The number of hydrogen-bond donors (Lipinski definition) is 0. The molecule has 0 amide bonds. The SMILES string of the molecule is C=CCOc1c(OCCCCCC)c2ccc([N+](=O)[O-])cc2n(CCCCCCCC)c1=O. The number of nitro benzene ring substituents is 1. The molecule has 0 saturated heterocycles. The van der Waals surface area contributed by atoms with E-state index in [4.69, 9.17) is 9.47 Å². The molecule has 33 heavy (non-hydrogen) atoms. The van der Waals surface area contributed by atoms with Crippen LogP contribution in [0.15, 0.2) is 35.6 Å². The van der Waals surface area contributed by atoms with E-state index in [2.05, 4.69) is 20.4 Å². The highest BCUT2D eigenvalue weighted by molar-refractivity contribution is 5.89. The zero-order valence-electron chi connectivity index (χ0n) is 20.1. The van der Waals surface area contributed by atoms with Gasteiger partial charge in [0, 0.05) is 24.1 Å². The minimum absolute atomic E-state index is 0.0488. The number of non-ortho nitro benzene ring substituents is 1. The summed E-state index contributed by atoms with van der Waals surface area (Å²) in [7, 11) is 0. The lowest BCUT2D eigenvalue weighted by Gasteiger charge is -2.18. The number of unbranched alkanes of at least 4 members (excludes halogenated alkanes) is 8. The maximum Gasteiger partial charge on any atom is 0.297 e. The van der Waals surface area contributed by atoms with Crippen molar-refractivity contribution < 1.29 is 14.4 Å². The molecule has 182 valence electrons. The number of nitro groups is 1. The Kier molecular flexibility index (Phi) is 11.5. The Bertz CT molecular complexity index is 967. The summed E-state index contributed by atoms with van der Waals surface area (Å²) in [6.07, 6.45) is 12.2. The molecule has 1 aromatic heterocycles.